The molecule has 3 amide bonds. The van der Waals surface area contributed by atoms with E-state index in [1.165, 1.54) is 48.7 Å². The Hall–Kier alpha value is -4.85. The number of hydrogen-bond acceptors (Lipinski definition) is 29. The highest BCUT2D eigenvalue weighted by Gasteiger charge is 2.28. The molecule has 0 saturated heterocycles. The maximum absolute atomic E-state index is 12.8. The van der Waals surface area contributed by atoms with Gasteiger partial charge in [0.1, 0.15) is 44.2 Å². The zero-order valence-electron chi connectivity index (χ0n) is 49.9. The molecule has 32 heteroatoms. The van der Waals surface area contributed by atoms with Gasteiger partial charge in [-0.3, -0.25) is 43.2 Å². The lowest BCUT2D eigenvalue weighted by Gasteiger charge is -2.29. The minimum atomic E-state index is -1.58. The van der Waals surface area contributed by atoms with Crippen LogP contribution >= 0.6 is 0 Å². The van der Waals surface area contributed by atoms with E-state index in [0.717, 1.165) is 0 Å². The third-order valence-corrected chi connectivity index (χ3v) is 11.7. The fourth-order valence-corrected chi connectivity index (χ4v) is 6.39. The molecule has 0 aliphatic heterocycles. The van der Waals surface area contributed by atoms with Gasteiger partial charge in [-0.05, 0) is 67.2 Å². The molecule has 0 heterocycles. The molecule has 0 fully saturated rings. The smallest absolute Gasteiger partial charge is 0.305 e. The first-order chi connectivity index (χ1) is 40.4. The van der Waals surface area contributed by atoms with Gasteiger partial charge in [0.05, 0.1) is 84.2 Å². The normalized spacial score (nSPS) is 16.1. The minimum Gasteiger partial charge on any atom is -0.463 e. The number of Topliss-reactive ketones (excluding diaryl/α,β-unsaturated/α-hetero) is 3. The molecule has 494 valence electrons. The van der Waals surface area contributed by atoms with Crippen LogP contribution in [-0.4, -0.2) is 262 Å². The molecule has 0 bridgehead atoms. The summed E-state index contributed by atoms with van der Waals surface area (Å²) in [5.41, 5.74) is 0. The summed E-state index contributed by atoms with van der Waals surface area (Å²) in [6.07, 6.45) is -14.2. The van der Waals surface area contributed by atoms with E-state index in [0.29, 0.717) is 0 Å². The van der Waals surface area contributed by atoms with Crippen LogP contribution < -0.4 is 16.0 Å². The number of nitrogens with one attached hydrogen (secondary N) is 3. The van der Waals surface area contributed by atoms with Gasteiger partial charge in [0, 0.05) is 45.6 Å². The fraction of sp³-hybridized carbons (Fsp3) is 0.830. The van der Waals surface area contributed by atoms with Gasteiger partial charge in [0.2, 0.25) is 17.7 Å². The second-order valence-electron chi connectivity index (χ2n) is 19.2. The quantitative estimate of drug-likeness (QED) is 0.0165. The summed E-state index contributed by atoms with van der Waals surface area (Å²) in [6, 6.07) is -2.13. The molecule has 10 N–H and O–H groups in total. The number of aliphatic hydroxyl groups excluding tert-OH is 7. The summed E-state index contributed by atoms with van der Waals surface area (Å²) >= 11 is 0. The van der Waals surface area contributed by atoms with Crippen LogP contribution in [0.1, 0.15) is 113 Å². The van der Waals surface area contributed by atoms with Crippen LogP contribution in [0, 0.1) is 0 Å². The highest BCUT2D eigenvalue weighted by Crippen LogP contribution is 2.14. The Morgan fingerprint density at radius 1 is 0.376 bits per heavy atom. The lowest BCUT2D eigenvalue weighted by Crippen LogP contribution is -2.41. The van der Waals surface area contributed by atoms with Crippen molar-refractivity contribution in [1.29, 1.82) is 0 Å². The molecule has 0 aromatic heterocycles. The van der Waals surface area contributed by atoms with Crippen molar-refractivity contribution in [3.8, 4) is 0 Å². The molecule has 0 radical (unpaired) electrons. The Bertz CT molecular complexity index is 1920. The average molecular weight is 1240 g/mol. The third-order valence-electron chi connectivity index (χ3n) is 11.7. The molecule has 13 unspecified atom stereocenters. The van der Waals surface area contributed by atoms with E-state index < -0.39 is 202 Å². The van der Waals surface area contributed by atoms with E-state index in [1.807, 2.05) is 0 Å². The number of carbonyl (C=O) groups excluding carboxylic acids is 9. The van der Waals surface area contributed by atoms with Gasteiger partial charge >= 0.3 is 17.9 Å². The van der Waals surface area contributed by atoms with E-state index in [1.54, 1.807) is 6.92 Å². The zero-order chi connectivity index (χ0) is 64.3. The average Bonchev–Trinajstić information content (AvgIpc) is 3.55. The maximum atomic E-state index is 12.8. The number of carbonyl (C=O) groups is 9. The van der Waals surface area contributed by atoms with Crippen molar-refractivity contribution >= 4 is 53.0 Å². The van der Waals surface area contributed by atoms with Gasteiger partial charge in [-0.2, -0.15) is 0 Å². The summed E-state index contributed by atoms with van der Waals surface area (Å²) < 4.78 is 71.8. The summed E-state index contributed by atoms with van der Waals surface area (Å²) in [5.74, 6) is -4.39. The van der Waals surface area contributed by atoms with Crippen LogP contribution in [0.5, 0.6) is 0 Å². The molecule has 13 atom stereocenters. The molecule has 85 heavy (non-hydrogen) atoms. The second-order valence-corrected chi connectivity index (χ2v) is 19.2. The van der Waals surface area contributed by atoms with Crippen LogP contribution in [0.3, 0.4) is 0 Å². The lowest BCUT2D eigenvalue weighted by molar-refractivity contribution is -0.271. The van der Waals surface area contributed by atoms with Gasteiger partial charge in [0.25, 0.3) is 0 Å². The number of rotatable bonds is 54. The second kappa shape index (κ2) is 48.2. The highest BCUT2D eigenvalue weighted by atomic mass is 16.8. The van der Waals surface area contributed by atoms with Gasteiger partial charge in [-0.25, -0.2) is 0 Å². The summed E-state index contributed by atoms with van der Waals surface area (Å²) in [5, 5.41) is 78.2. The Balaban J connectivity index is 5.98. The first kappa shape index (κ1) is 80.2. The summed E-state index contributed by atoms with van der Waals surface area (Å²) in [7, 11) is 1.23. The number of ether oxygens (including phenoxy) is 13. The molecular weight excluding hydrogens is 1140 g/mol. The van der Waals surface area contributed by atoms with Crippen LogP contribution in [0.2, 0.25) is 0 Å². The molecule has 0 aromatic rings. The van der Waals surface area contributed by atoms with Crippen molar-refractivity contribution in [3.63, 3.8) is 0 Å². The van der Waals surface area contributed by atoms with Crippen LogP contribution in [0.4, 0.5) is 0 Å². The molecule has 0 aromatic carbocycles. The molecule has 0 aliphatic rings. The Kier molecular flexibility index (Phi) is 45.4. The van der Waals surface area contributed by atoms with Crippen molar-refractivity contribution in [1.82, 2.24) is 16.0 Å². The van der Waals surface area contributed by atoms with E-state index in [-0.39, 0.29) is 81.6 Å². The third kappa shape index (κ3) is 40.3. The fourth-order valence-electron chi connectivity index (χ4n) is 6.39. The number of aliphatic hydroxyl groups is 7. The predicted molar refractivity (Wildman–Crippen MR) is 288 cm³/mol. The van der Waals surface area contributed by atoms with Crippen molar-refractivity contribution in [3.05, 3.63) is 0 Å². The number of esters is 3. The highest BCUT2D eigenvalue weighted by molar-refractivity contribution is 5.88. The van der Waals surface area contributed by atoms with Crippen molar-refractivity contribution in [2.75, 3.05) is 93.0 Å². The number of methoxy groups -OCH3 is 1. The Morgan fingerprint density at radius 3 is 0.941 bits per heavy atom. The molecule has 0 spiro atoms. The number of amides is 3. The SMILES string of the molecule is CCC(O)OC(CO)OCC(COC(=O)CCCC(=O)NC(C)C(C)=O)OC(CO)OCC(CO)OC(CO)OCC(COC(=O)CCCC(=O)NC(C)C(C)=O)OC(CO)OCC(CO)OC(COC(=O)CCCC(=O)NC(C)C(C)=O)OC. The predicted octanol–water partition coefficient (Wildman–Crippen LogP) is -3.01. The van der Waals surface area contributed by atoms with Gasteiger partial charge in [-0.1, -0.05) is 6.92 Å². The summed E-state index contributed by atoms with van der Waals surface area (Å²) in [4.78, 5) is 109. The molecule has 0 saturated carbocycles. The first-order valence-electron chi connectivity index (χ1n) is 27.8. The van der Waals surface area contributed by atoms with Gasteiger partial charge in [-0.15, -0.1) is 0 Å². The standard InChI is InChI=1S/C53H93N3O29/c1-9-45(69)85-52(24-62)80-30-41(28-75-47(71)17-11-14-43(67)55-33(3)36(6)64)84-50(22-60)77-25-38(19-57)81-49(21-59)79-29-40(27-74-46(70)16-10-13-42(66)54-32(2)35(5)63)83-51(23-61)78-26-39(20-58)82-53(73-8)31-76-48(72)18-12-15-44(68)56-34(4)37(7)65/h32-34,38-41,45,49-53,57-62,69H,9-31H2,1-8H3,(H,54,66)(H,55,67)(H,56,68). The molecule has 32 nitrogen and oxygen atoms in total. The molecular formula is C53H93N3O29. The zero-order valence-corrected chi connectivity index (χ0v) is 49.9. The first-order valence-corrected chi connectivity index (χ1v) is 27.8. The van der Waals surface area contributed by atoms with E-state index >= 15 is 0 Å². The number of ketones is 3. The number of hydrogen-bond donors (Lipinski definition) is 10. The van der Waals surface area contributed by atoms with Gasteiger partial charge in [0.15, 0.2) is 55.1 Å². The molecule has 0 rings (SSSR count). The Morgan fingerprint density at radius 2 is 0.659 bits per heavy atom. The van der Waals surface area contributed by atoms with E-state index in [4.69, 9.17) is 61.6 Å². The Labute approximate surface area is 494 Å². The van der Waals surface area contributed by atoms with Crippen molar-refractivity contribution < 1.29 is 140 Å². The maximum Gasteiger partial charge on any atom is 0.305 e. The van der Waals surface area contributed by atoms with E-state index in [2.05, 4.69) is 16.0 Å². The van der Waals surface area contributed by atoms with Crippen LogP contribution in [0.25, 0.3) is 0 Å². The van der Waals surface area contributed by atoms with Crippen LogP contribution in [0.15, 0.2) is 0 Å². The van der Waals surface area contributed by atoms with Crippen molar-refractivity contribution in [2.24, 2.45) is 0 Å². The minimum absolute atomic E-state index is 0.0246. The summed E-state index contributed by atoms with van der Waals surface area (Å²) in [6.45, 7) is 1.71. The van der Waals surface area contributed by atoms with E-state index in [9.17, 15) is 78.9 Å². The van der Waals surface area contributed by atoms with Crippen molar-refractivity contribution in [2.45, 2.75) is 193 Å². The monoisotopic (exact) mass is 1240 g/mol. The molecule has 0 aliphatic carbocycles. The lowest BCUT2D eigenvalue weighted by atomic mass is 10.2. The van der Waals surface area contributed by atoms with Gasteiger partial charge < -0.3 is 113 Å². The largest absolute Gasteiger partial charge is 0.463 e. The topological polar surface area (TPSA) is 451 Å². The van der Waals surface area contributed by atoms with Crippen LogP contribution in [-0.2, 0) is 105 Å².